The molecule has 2 aliphatic rings. The normalized spacial score (nSPS) is 20.9. The monoisotopic (exact) mass is 487 g/mol. The Bertz CT molecular complexity index is 1120. The van der Waals surface area contributed by atoms with Crippen molar-refractivity contribution in [1.82, 2.24) is 14.9 Å². The van der Waals surface area contributed by atoms with Gasteiger partial charge in [-0.3, -0.25) is 4.90 Å². The van der Waals surface area contributed by atoms with E-state index in [1.54, 1.807) is 6.33 Å². The van der Waals surface area contributed by atoms with Crippen LogP contribution in [-0.2, 0) is 13.0 Å². The van der Waals surface area contributed by atoms with E-state index in [9.17, 15) is 8.78 Å². The van der Waals surface area contributed by atoms with Gasteiger partial charge in [0.15, 0.2) is 0 Å². The van der Waals surface area contributed by atoms with Gasteiger partial charge in [0.1, 0.15) is 17.0 Å². The predicted molar refractivity (Wildman–Crippen MR) is 133 cm³/mol. The summed E-state index contributed by atoms with van der Waals surface area (Å²) in [7, 11) is 1.99. The maximum Gasteiger partial charge on any atom is 0.243 e. The number of hydrogen-bond donors (Lipinski definition) is 1. The molecule has 2 fully saturated rings. The van der Waals surface area contributed by atoms with E-state index in [4.69, 9.17) is 5.11 Å². The van der Waals surface area contributed by atoms with Crippen LogP contribution in [0.25, 0.3) is 10.2 Å². The van der Waals surface area contributed by atoms with E-state index in [0.29, 0.717) is 11.4 Å². The van der Waals surface area contributed by atoms with Gasteiger partial charge in [-0.15, -0.1) is 11.3 Å². The number of thiophene rings is 1. The number of nitrogens with zero attached hydrogens (tertiary/aromatic N) is 5. The lowest BCUT2D eigenvalue weighted by molar-refractivity contribution is 0.150. The number of aliphatic hydroxyl groups excluding tert-OH is 1. The third-order valence-corrected chi connectivity index (χ3v) is 8.25. The van der Waals surface area contributed by atoms with E-state index < -0.39 is 6.43 Å². The van der Waals surface area contributed by atoms with Gasteiger partial charge in [0, 0.05) is 62.2 Å². The summed E-state index contributed by atoms with van der Waals surface area (Å²) in [6.07, 6.45) is 1.27. The van der Waals surface area contributed by atoms with E-state index in [-0.39, 0.29) is 18.4 Å². The molecule has 34 heavy (non-hydrogen) atoms. The highest BCUT2D eigenvalue weighted by atomic mass is 32.1. The average molecular weight is 488 g/mol. The summed E-state index contributed by atoms with van der Waals surface area (Å²) in [5, 5.41) is 10.0. The lowest BCUT2D eigenvalue weighted by atomic mass is 9.86. The molecule has 182 valence electrons. The first-order valence-electron chi connectivity index (χ1n) is 11.8. The van der Waals surface area contributed by atoms with Gasteiger partial charge in [0.05, 0.1) is 12.0 Å². The summed E-state index contributed by atoms with van der Waals surface area (Å²) in [5.74, 6) is 0.889. The van der Waals surface area contributed by atoms with Crippen molar-refractivity contribution < 1.29 is 13.9 Å². The number of fused-ring (bicyclic) bond motifs is 1. The van der Waals surface area contributed by atoms with Gasteiger partial charge in [-0.05, 0) is 43.1 Å². The zero-order valence-corrected chi connectivity index (χ0v) is 20.3. The van der Waals surface area contributed by atoms with Gasteiger partial charge in [0.2, 0.25) is 6.43 Å². The van der Waals surface area contributed by atoms with Crippen LogP contribution in [0.3, 0.4) is 0 Å². The zero-order valence-electron chi connectivity index (χ0n) is 19.5. The lowest BCUT2D eigenvalue weighted by Crippen LogP contribution is -2.31. The summed E-state index contributed by atoms with van der Waals surface area (Å²) in [6, 6.07) is 10.5. The van der Waals surface area contributed by atoms with Crippen molar-refractivity contribution >= 4 is 33.1 Å². The molecular weight excluding hydrogens is 456 g/mol. The van der Waals surface area contributed by atoms with Crippen LogP contribution in [0.4, 0.5) is 20.3 Å². The number of aromatic nitrogens is 2. The fourth-order valence-corrected chi connectivity index (χ4v) is 6.40. The van der Waals surface area contributed by atoms with Crippen LogP contribution in [0.1, 0.15) is 23.3 Å². The van der Waals surface area contributed by atoms with Gasteiger partial charge < -0.3 is 14.9 Å². The van der Waals surface area contributed by atoms with E-state index in [2.05, 4.69) is 48.9 Å². The molecule has 0 aliphatic carbocycles. The fourth-order valence-electron chi connectivity index (χ4n) is 5.40. The third kappa shape index (κ3) is 4.87. The van der Waals surface area contributed by atoms with Gasteiger partial charge in [0.25, 0.3) is 0 Å². The van der Waals surface area contributed by atoms with Gasteiger partial charge in [-0.25, -0.2) is 18.7 Å². The van der Waals surface area contributed by atoms with E-state index in [0.717, 1.165) is 67.3 Å². The van der Waals surface area contributed by atoms with Crippen LogP contribution in [0.5, 0.6) is 0 Å². The number of alkyl halides is 2. The van der Waals surface area contributed by atoms with E-state index in [1.165, 1.54) is 16.9 Å². The molecule has 0 saturated carbocycles. The molecule has 2 aliphatic heterocycles. The SMILES string of the molecule is CN(CCO)c1ccc(CN2CCC3(CCN(c4ncnc5sc(CC(F)F)cc45)C3)C2)cc1. The Labute approximate surface area is 202 Å². The molecule has 5 rings (SSSR count). The van der Waals surface area contributed by atoms with Crippen molar-refractivity contribution in [3.8, 4) is 0 Å². The predicted octanol–water partition coefficient (Wildman–Crippen LogP) is 4.03. The van der Waals surface area contributed by atoms with Gasteiger partial charge >= 0.3 is 0 Å². The second-order valence-corrected chi connectivity index (χ2v) is 10.8. The highest BCUT2D eigenvalue weighted by Gasteiger charge is 2.44. The molecule has 1 unspecified atom stereocenters. The number of halogens is 2. The Balaban J connectivity index is 1.23. The molecule has 9 heteroatoms. The molecule has 6 nitrogen and oxygen atoms in total. The maximum atomic E-state index is 12.9. The molecular formula is C25H31F2N5OS. The minimum Gasteiger partial charge on any atom is -0.395 e. The number of anilines is 2. The summed E-state index contributed by atoms with van der Waals surface area (Å²) in [5.41, 5.74) is 2.67. The maximum absolute atomic E-state index is 12.9. The second-order valence-electron chi connectivity index (χ2n) is 9.67. The van der Waals surface area contributed by atoms with Crippen LogP contribution in [-0.4, -0.2) is 72.8 Å². The van der Waals surface area contributed by atoms with Crippen LogP contribution < -0.4 is 9.80 Å². The average Bonchev–Trinajstić information content (AvgIpc) is 3.52. The molecule has 1 spiro atoms. The van der Waals surface area contributed by atoms with Crippen LogP contribution >= 0.6 is 11.3 Å². The van der Waals surface area contributed by atoms with Crippen LogP contribution in [0.15, 0.2) is 36.7 Å². The highest BCUT2D eigenvalue weighted by molar-refractivity contribution is 7.18. The molecule has 0 amide bonds. The summed E-state index contributed by atoms with van der Waals surface area (Å²) < 4.78 is 25.7. The standard InChI is InChI=1S/C25H31F2N5OS/c1-30(10-11-33)19-4-2-18(3-5-19)14-31-8-6-25(15-31)7-9-32(16-25)23-21-12-20(13-22(26)27)34-24(21)29-17-28-23/h2-5,12,17,22,33H,6-11,13-16H2,1H3. The second kappa shape index (κ2) is 9.71. The number of likely N-dealkylation sites (N-methyl/N-ethyl adjacent to an activating group) is 1. The lowest BCUT2D eigenvalue weighted by Gasteiger charge is -2.25. The molecule has 4 heterocycles. The molecule has 2 aromatic heterocycles. The zero-order chi connectivity index (χ0) is 23.7. The van der Waals surface area contributed by atoms with Crippen molar-refractivity contribution in [2.24, 2.45) is 5.41 Å². The molecule has 1 atom stereocenters. The Morgan fingerprint density at radius 3 is 2.71 bits per heavy atom. The first-order chi connectivity index (χ1) is 16.4. The third-order valence-electron chi connectivity index (χ3n) is 7.19. The largest absolute Gasteiger partial charge is 0.395 e. The first kappa shape index (κ1) is 23.4. The highest BCUT2D eigenvalue weighted by Crippen LogP contribution is 2.43. The summed E-state index contributed by atoms with van der Waals surface area (Å²) >= 11 is 1.35. The Morgan fingerprint density at radius 2 is 1.94 bits per heavy atom. The van der Waals surface area contributed by atoms with E-state index >= 15 is 0 Å². The molecule has 1 aromatic carbocycles. The minimum absolute atomic E-state index is 0.148. The van der Waals surface area contributed by atoms with Crippen molar-refractivity contribution in [3.05, 3.63) is 47.1 Å². The Hall–Kier alpha value is -2.36. The van der Waals surface area contributed by atoms with Gasteiger partial charge in [-0.1, -0.05) is 12.1 Å². The molecule has 0 radical (unpaired) electrons. The number of aliphatic hydroxyl groups is 1. The van der Waals surface area contributed by atoms with E-state index in [1.807, 2.05) is 13.1 Å². The topological polar surface area (TPSA) is 55.7 Å². The molecule has 2 saturated heterocycles. The minimum atomic E-state index is -2.35. The number of rotatable bonds is 8. The Morgan fingerprint density at radius 1 is 1.15 bits per heavy atom. The van der Waals surface area contributed by atoms with Crippen LogP contribution in [0, 0.1) is 5.41 Å². The summed E-state index contributed by atoms with van der Waals surface area (Å²) in [4.78, 5) is 17.3. The smallest absolute Gasteiger partial charge is 0.243 e. The van der Waals surface area contributed by atoms with Crippen molar-refractivity contribution in [3.63, 3.8) is 0 Å². The van der Waals surface area contributed by atoms with Crippen LogP contribution in [0.2, 0.25) is 0 Å². The quantitative estimate of drug-likeness (QED) is 0.518. The molecule has 0 bridgehead atoms. The Kier molecular flexibility index (Phi) is 6.68. The van der Waals surface area contributed by atoms with Gasteiger partial charge in [-0.2, -0.15) is 0 Å². The summed E-state index contributed by atoms with van der Waals surface area (Å²) in [6.45, 7) is 5.73. The van der Waals surface area contributed by atoms with Crippen molar-refractivity contribution in [1.29, 1.82) is 0 Å². The first-order valence-corrected chi connectivity index (χ1v) is 12.7. The molecule has 1 N–H and O–H groups in total. The number of hydrogen-bond acceptors (Lipinski definition) is 7. The number of benzene rings is 1. The van der Waals surface area contributed by atoms with Crippen molar-refractivity contribution in [2.75, 3.05) is 56.2 Å². The van der Waals surface area contributed by atoms with Crippen molar-refractivity contribution in [2.45, 2.75) is 32.2 Å². The fraction of sp³-hybridized carbons (Fsp3) is 0.520. The number of likely N-dealkylation sites (tertiary alicyclic amines) is 1. The molecule has 3 aromatic rings.